The molecule has 0 aliphatic carbocycles. The minimum atomic E-state index is 0.0595. The van der Waals surface area contributed by atoms with Gasteiger partial charge in [0.05, 0.1) is 0 Å². The van der Waals surface area contributed by atoms with E-state index in [2.05, 4.69) is 40.7 Å². The number of hydrogen-bond donors (Lipinski definition) is 0. The first-order valence-electron chi connectivity index (χ1n) is 7.85. The maximum absolute atomic E-state index is 5.97. The Morgan fingerprint density at radius 1 is 1.14 bits per heavy atom. The summed E-state index contributed by atoms with van der Waals surface area (Å²) in [5, 5.41) is 0. The topological polar surface area (TPSA) is 39.9 Å². The van der Waals surface area contributed by atoms with E-state index in [9.17, 15) is 0 Å². The second-order valence-electron chi connectivity index (χ2n) is 5.84. The first kappa shape index (κ1) is 13.5. The van der Waals surface area contributed by atoms with Gasteiger partial charge in [0, 0.05) is 18.5 Å². The third-order valence-electron chi connectivity index (χ3n) is 4.20. The summed E-state index contributed by atoms with van der Waals surface area (Å²) in [6.07, 6.45) is 5.23. The molecule has 2 aromatic heterocycles. The van der Waals surface area contributed by atoms with E-state index < -0.39 is 0 Å². The minimum absolute atomic E-state index is 0.0595. The number of rotatable bonds is 2. The largest absolute Gasteiger partial charge is 0.370 e. The van der Waals surface area contributed by atoms with Crippen molar-refractivity contribution in [3.63, 3.8) is 0 Å². The van der Waals surface area contributed by atoms with Crippen LogP contribution in [-0.2, 0) is 4.74 Å². The molecule has 22 heavy (non-hydrogen) atoms. The molecule has 0 radical (unpaired) electrons. The summed E-state index contributed by atoms with van der Waals surface area (Å²) in [5.41, 5.74) is 4.16. The lowest BCUT2D eigenvalue weighted by Gasteiger charge is -2.23. The summed E-state index contributed by atoms with van der Waals surface area (Å²) in [5.74, 6) is 0.970. The molecule has 4 heteroatoms. The lowest BCUT2D eigenvalue weighted by atomic mass is 10.1. The normalized spacial score (nSPS) is 18.7. The summed E-state index contributed by atoms with van der Waals surface area (Å²) in [6, 6.07) is 12.4. The van der Waals surface area contributed by atoms with Crippen molar-refractivity contribution in [1.29, 1.82) is 0 Å². The number of fused-ring (bicyclic) bond motifs is 1. The maximum Gasteiger partial charge on any atom is 0.164 e. The van der Waals surface area contributed by atoms with Crippen molar-refractivity contribution in [3.8, 4) is 5.69 Å². The van der Waals surface area contributed by atoms with Gasteiger partial charge < -0.3 is 4.74 Å². The number of hydrogen-bond acceptors (Lipinski definition) is 3. The molecule has 0 amide bonds. The number of ether oxygens (including phenoxy) is 1. The van der Waals surface area contributed by atoms with Crippen molar-refractivity contribution in [3.05, 3.63) is 54.0 Å². The molecule has 0 N–H and O–H groups in total. The molecule has 0 spiro atoms. The molecular weight excluding hydrogens is 274 g/mol. The fraction of sp³-hybridized carbons (Fsp3) is 0.333. The van der Waals surface area contributed by atoms with Gasteiger partial charge in [0.25, 0.3) is 0 Å². The molecule has 1 fully saturated rings. The Kier molecular flexibility index (Phi) is 3.39. The van der Waals surface area contributed by atoms with E-state index >= 15 is 0 Å². The lowest BCUT2D eigenvalue weighted by Crippen LogP contribution is -2.16. The van der Waals surface area contributed by atoms with E-state index in [4.69, 9.17) is 9.72 Å². The third kappa shape index (κ3) is 2.29. The molecule has 4 nitrogen and oxygen atoms in total. The maximum atomic E-state index is 5.97. The second-order valence-corrected chi connectivity index (χ2v) is 5.84. The monoisotopic (exact) mass is 293 g/mol. The van der Waals surface area contributed by atoms with Gasteiger partial charge in [-0.2, -0.15) is 0 Å². The van der Waals surface area contributed by atoms with Gasteiger partial charge >= 0.3 is 0 Å². The zero-order valence-corrected chi connectivity index (χ0v) is 12.7. The quantitative estimate of drug-likeness (QED) is 0.717. The smallest absolute Gasteiger partial charge is 0.164 e. The summed E-state index contributed by atoms with van der Waals surface area (Å²) in [7, 11) is 0. The lowest BCUT2D eigenvalue weighted by molar-refractivity contribution is 0.00886. The zero-order valence-electron chi connectivity index (χ0n) is 12.7. The van der Waals surface area contributed by atoms with Crippen LogP contribution in [-0.4, -0.2) is 21.1 Å². The van der Waals surface area contributed by atoms with Gasteiger partial charge in [-0.25, -0.2) is 9.97 Å². The van der Waals surface area contributed by atoms with E-state index in [1.165, 1.54) is 12.0 Å². The first-order chi connectivity index (χ1) is 10.8. The highest BCUT2D eigenvalue weighted by Crippen LogP contribution is 2.31. The van der Waals surface area contributed by atoms with Crippen LogP contribution in [0.3, 0.4) is 0 Å². The average Bonchev–Trinajstić information content (AvgIpc) is 2.96. The van der Waals surface area contributed by atoms with Crippen molar-refractivity contribution < 1.29 is 4.74 Å². The predicted octanol–water partition coefficient (Wildman–Crippen LogP) is 3.97. The van der Waals surface area contributed by atoms with E-state index in [1.54, 1.807) is 0 Å². The molecule has 3 heterocycles. The fourth-order valence-corrected chi connectivity index (χ4v) is 3.04. The molecule has 1 unspecified atom stereocenters. The van der Waals surface area contributed by atoms with Crippen LogP contribution in [0, 0.1) is 6.92 Å². The Labute approximate surface area is 129 Å². The van der Waals surface area contributed by atoms with Crippen LogP contribution in [0.15, 0.2) is 42.6 Å². The summed E-state index contributed by atoms with van der Waals surface area (Å²) < 4.78 is 8.11. The highest BCUT2D eigenvalue weighted by atomic mass is 16.5. The Morgan fingerprint density at radius 3 is 2.77 bits per heavy atom. The molecule has 1 saturated heterocycles. The Hall–Kier alpha value is -2.20. The van der Waals surface area contributed by atoms with Gasteiger partial charge in [0.2, 0.25) is 0 Å². The van der Waals surface area contributed by atoms with Crippen LogP contribution >= 0.6 is 0 Å². The summed E-state index contributed by atoms with van der Waals surface area (Å²) >= 11 is 0. The van der Waals surface area contributed by atoms with Crippen LogP contribution < -0.4 is 0 Å². The van der Waals surface area contributed by atoms with Gasteiger partial charge in [-0.1, -0.05) is 17.7 Å². The Balaban J connectivity index is 1.91. The number of imidazole rings is 1. The SMILES string of the molecule is Cc1ccc(-n2c(C3CCCCO3)nc3cccnc32)cc1. The molecule has 1 aromatic carbocycles. The van der Waals surface area contributed by atoms with E-state index in [1.807, 2.05) is 18.3 Å². The third-order valence-corrected chi connectivity index (χ3v) is 4.20. The fourth-order valence-electron chi connectivity index (χ4n) is 3.04. The van der Waals surface area contributed by atoms with E-state index in [0.29, 0.717) is 0 Å². The molecular formula is C18H19N3O. The van der Waals surface area contributed by atoms with E-state index in [0.717, 1.165) is 42.1 Å². The van der Waals surface area contributed by atoms with Gasteiger partial charge in [0.1, 0.15) is 17.4 Å². The van der Waals surface area contributed by atoms with Gasteiger partial charge in [-0.3, -0.25) is 4.57 Å². The standard InChI is InChI=1S/C18H19N3O/c1-13-7-9-14(10-8-13)21-17-15(5-4-11-19-17)20-18(21)16-6-2-3-12-22-16/h4-5,7-11,16H,2-3,6,12H2,1H3. The van der Waals surface area contributed by atoms with Crippen LogP contribution in [0.25, 0.3) is 16.9 Å². The van der Waals surface area contributed by atoms with Crippen molar-refractivity contribution in [2.75, 3.05) is 6.61 Å². The number of benzene rings is 1. The van der Waals surface area contributed by atoms with Crippen LogP contribution in [0.1, 0.15) is 36.8 Å². The van der Waals surface area contributed by atoms with Crippen LogP contribution in [0.4, 0.5) is 0 Å². The second kappa shape index (κ2) is 5.54. The molecule has 4 rings (SSSR count). The van der Waals surface area contributed by atoms with Crippen LogP contribution in [0.5, 0.6) is 0 Å². The highest BCUT2D eigenvalue weighted by Gasteiger charge is 2.24. The van der Waals surface area contributed by atoms with E-state index in [-0.39, 0.29) is 6.10 Å². The van der Waals surface area contributed by atoms with Crippen molar-refractivity contribution in [2.45, 2.75) is 32.3 Å². The Bertz CT molecular complexity index is 786. The molecule has 0 saturated carbocycles. The number of pyridine rings is 1. The zero-order chi connectivity index (χ0) is 14.9. The molecule has 1 aliphatic rings. The minimum Gasteiger partial charge on any atom is -0.370 e. The number of nitrogens with zero attached hydrogens (tertiary/aromatic N) is 3. The predicted molar refractivity (Wildman–Crippen MR) is 86.1 cm³/mol. The molecule has 1 aliphatic heterocycles. The van der Waals surface area contributed by atoms with Gasteiger partial charge in [0.15, 0.2) is 5.65 Å². The highest BCUT2D eigenvalue weighted by molar-refractivity contribution is 5.74. The first-order valence-corrected chi connectivity index (χ1v) is 7.85. The van der Waals surface area contributed by atoms with Gasteiger partial charge in [-0.05, 0) is 50.5 Å². The van der Waals surface area contributed by atoms with Crippen molar-refractivity contribution in [2.24, 2.45) is 0 Å². The summed E-state index contributed by atoms with van der Waals surface area (Å²) in [6.45, 7) is 2.91. The van der Waals surface area contributed by atoms with Crippen LogP contribution in [0.2, 0.25) is 0 Å². The van der Waals surface area contributed by atoms with Crippen molar-refractivity contribution >= 4 is 11.2 Å². The summed E-state index contributed by atoms with van der Waals surface area (Å²) in [4.78, 5) is 9.35. The molecule has 1 atom stereocenters. The molecule has 0 bridgehead atoms. The number of aryl methyl sites for hydroxylation is 1. The van der Waals surface area contributed by atoms with Gasteiger partial charge in [-0.15, -0.1) is 0 Å². The van der Waals surface area contributed by atoms with Crippen molar-refractivity contribution in [1.82, 2.24) is 14.5 Å². The number of aromatic nitrogens is 3. The average molecular weight is 293 g/mol. The Morgan fingerprint density at radius 2 is 2.00 bits per heavy atom. The molecule has 3 aromatic rings. The molecule has 112 valence electrons.